The summed E-state index contributed by atoms with van der Waals surface area (Å²) < 4.78 is 0. The molecule has 0 aromatic heterocycles. The molecule has 20 heavy (non-hydrogen) atoms. The van der Waals surface area contributed by atoms with E-state index in [0.29, 0.717) is 0 Å². The van der Waals surface area contributed by atoms with E-state index in [4.69, 9.17) is 5.26 Å². The van der Waals surface area contributed by atoms with Gasteiger partial charge in [0.1, 0.15) is 0 Å². The third kappa shape index (κ3) is 14.3. The molecule has 0 rings (SSSR count). The van der Waals surface area contributed by atoms with Gasteiger partial charge in [-0.2, -0.15) is 0 Å². The Morgan fingerprint density at radius 2 is 1.00 bits per heavy atom. The third-order valence-corrected chi connectivity index (χ3v) is 4.13. The standard InChI is InChI=1S/C18H38O2/c1-4-5-6-7-8-9-10-11-12-13-14-15-16-17-18(2,3)20-19/h19H,4-17H2,1-3H3. The highest BCUT2D eigenvalue weighted by Crippen LogP contribution is 2.18. The van der Waals surface area contributed by atoms with E-state index < -0.39 is 0 Å². The Kier molecular flexibility index (Phi) is 13.8. The summed E-state index contributed by atoms with van der Waals surface area (Å²) in [6, 6.07) is 0. The van der Waals surface area contributed by atoms with Gasteiger partial charge in [0, 0.05) is 0 Å². The first-order valence-electron chi connectivity index (χ1n) is 8.95. The molecule has 0 fully saturated rings. The van der Waals surface area contributed by atoms with Crippen molar-refractivity contribution in [2.75, 3.05) is 0 Å². The maximum atomic E-state index is 8.69. The van der Waals surface area contributed by atoms with Gasteiger partial charge in [-0.3, -0.25) is 5.26 Å². The van der Waals surface area contributed by atoms with E-state index in [9.17, 15) is 0 Å². The Hall–Kier alpha value is -0.0800. The zero-order valence-electron chi connectivity index (χ0n) is 14.3. The summed E-state index contributed by atoms with van der Waals surface area (Å²) in [6.07, 6.45) is 18.8. The Bertz CT molecular complexity index is 190. The Balaban J connectivity index is 3.06. The van der Waals surface area contributed by atoms with Crippen LogP contribution in [0.4, 0.5) is 0 Å². The van der Waals surface area contributed by atoms with Gasteiger partial charge in [0.15, 0.2) is 0 Å². The molecule has 0 aliphatic rings. The molecule has 2 heteroatoms. The van der Waals surface area contributed by atoms with Crippen LogP contribution in [0.3, 0.4) is 0 Å². The van der Waals surface area contributed by atoms with Crippen LogP contribution in [0.5, 0.6) is 0 Å². The molecule has 0 aliphatic carbocycles. The molecular weight excluding hydrogens is 248 g/mol. The van der Waals surface area contributed by atoms with Crippen molar-refractivity contribution in [2.45, 2.75) is 116 Å². The maximum Gasteiger partial charge on any atom is 0.0977 e. The molecule has 0 saturated carbocycles. The first-order chi connectivity index (χ1) is 9.62. The molecule has 0 heterocycles. The highest BCUT2D eigenvalue weighted by atomic mass is 17.1. The molecule has 0 aromatic carbocycles. The molecule has 0 radical (unpaired) electrons. The zero-order valence-corrected chi connectivity index (χ0v) is 14.3. The third-order valence-electron chi connectivity index (χ3n) is 4.13. The van der Waals surface area contributed by atoms with Gasteiger partial charge >= 0.3 is 0 Å². The summed E-state index contributed by atoms with van der Waals surface area (Å²) in [4.78, 5) is 4.44. The van der Waals surface area contributed by atoms with Gasteiger partial charge in [0.2, 0.25) is 0 Å². The largest absolute Gasteiger partial charge is 0.251 e. The lowest BCUT2D eigenvalue weighted by Gasteiger charge is -2.19. The van der Waals surface area contributed by atoms with Crippen molar-refractivity contribution in [3.8, 4) is 0 Å². The van der Waals surface area contributed by atoms with Gasteiger partial charge in [-0.1, -0.05) is 90.4 Å². The minimum absolute atomic E-state index is 0.363. The van der Waals surface area contributed by atoms with Gasteiger partial charge in [0.25, 0.3) is 0 Å². The van der Waals surface area contributed by atoms with Crippen LogP contribution in [0.2, 0.25) is 0 Å². The van der Waals surface area contributed by atoms with Gasteiger partial charge in [-0.25, -0.2) is 4.89 Å². The van der Waals surface area contributed by atoms with Crippen molar-refractivity contribution in [1.29, 1.82) is 0 Å². The summed E-state index contributed by atoms with van der Waals surface area (Å²) >= 11 is 0. The van der Waals surface area contributed by atoms with Crippen molar-refractivity contribution < 1.29 is 10.1 Å². The van der Waals surface area contributed by atoms with Gasteiger partial charge < -0.3 is 0 Å². The lowest BCUT2D eigenvalue weighted by Crippen LogP contribution is -2.22. The van der Waals surface area contributed by atoms with Crippen LogP contribution in [0, 0.1) is 0 Å². The van der Waals surface area contributed by atoms with Crippen molar-refractivity contribution in [3.63, 3.8) is 0 Å². The predicted molar refractivity (Wildman–Crippen MR) is 88.1 cm³/mol. The lowest BCUT2D eigenvalue weighted by atomic mass is 9.99. The molecule has 1 N–H and O–H groups in total. The molecule has 0 aromatic rings. The Labute approximate surface area is 127 Å². The van der Waals surface area contributed by atoms with Gasteiger partial charge in [0.05, 0.1) is 5.60 Å². The molecule has 0 bridgehead atoms. The summed E-state index contributed by atoms with van der Waals surface area (Å²) in [7, 11) is 0. The molecule has 0 unspecified atom stereocenters. The number of hydrogen-bond donors (Lipinski definition) is 1. The van der Waals surface area contributed by atoms with Crippen molar-refractivity contribution in [1.82, 2.24) is 0 Å². The Morgan fingerprint density at radius 1 is 0.650 bits per heavy atom. The van der Waals surface area contributed by atoms with Crippen LogP contribution in [0.25, 0.3) is 0 Å². The number of unbranched alkanes of at least 4 members (excludes halogenated alkanes) is 12. The molecule has 0 amide bonds. The van der Waals surface area contributed by atoms with Crippen LogP contribution in [-0.2, 0) is 4.89 Å². The van der Waals surface area contributed by atoms with E-state index in [1.54, 1.807) is 0 Å². The first kappa shape index (κ1) is 19.9. The molecule has 0 atom stereocenters. The zero-order chi connectivity index (χ0) is 15.1. The second kappa shape index (κ2) is 13.9. The average molecular weight is 286 g/mol. The number of rotatable bonds is 15. The lowest BCUT2D eigenvalue weighted by molar-refractivity contribution is -0.314. The summed E-state index contributed by atoms with van der Waals surface area (Å²) in [5, 5.41) is 8.69. The van der Waals surface area contributed by atoms with Crippen LogP contribution in [-0.4, -0.2) is 10.9 Å². The molecule has 2 nitrogen and oxygen atoms in total. The fraction of sp³-hybridized carbons (Fsp3) is 1.00. The van der Waals surface area contributed by atoms with Gasteiger partial charge in [-0.15, -0.1) is 0 Å². The topological polar surface area (TPSA) is 29.5 Å². The second-order valence-electron chi connectivity index (χ2n) is 6.84. The molecule has 0 saturated heterocycles. The van der Waals surface area contributed by atoms with E-state index in [1.165, 1.54) is 77.0 Å². The van der Waals surface area contributed by atoms with E-state index >= 15 is 0 Å². The van der Waals surface area contributed by atoms with E-state index in [0.717, 1.165) is 12.8 Å². The maximum absolute atomic E-state index is 8.69. The summed E-state index contributed by atoms with van der Waals surface area (Å²) in [5.41, 5.74) is -0.363. The average Bonchev–Trinajstić information content (AvgIpc) is 2.44. The fourth-order valence-electron chi connectivity index (χ4n) is 2.61. The van der Waals surface area contributed by atoms with E-state index in [1.807, 2.05) is 13.8 Å². The minimum Gasteiger partial charge on any atom is -0.251 e. The van der Waals surface area contributed by atoms with E-state index in [2.05, 4.69) is 11.8 Å². The van der Waals surface area contributed by atoms with Crippen LogP contribution in [0.15, 0.2) is 0 Å². The molecular formula is C18H38O2. The van der Waals surface area contributed by atoms with Crippen LogP contribution < -0.4 is 0 Å². The van der Waals surface area contributed by atoms with Gasteiger partial charge in [-0.05, 0) is 20.3 Å². The highest BCUT2D eigenvalue weighted by Gasteiger charge is 2.17. The molecule has 122 valence electrons. The second-order valence-corrected chi connectivity index (χ2v) is 6.84. The van der Waals surface area contributed by atoms with Crippen molar-refractivity contribution in [2.24, 2.45) is 0 Å². The monoisotopic (exact) mass is 286 g/mol. The summed E-state index contributed by atoms with van der Waals surface area (Å²) in [5.74, 6) is 0. The quantitative estimate of drug-likeness (QED) is 0.205. The van der Waals surface area contributed by atoms with E-state index in [-0.39, 0.29) is 5.60 Å². The van der Waals surface area contributed by atoms with Crippen LogP contribution >= 0.6 is 0 Å². The van der Waals surface area contributed by atoms with Crippen molar-refractivity contribution in [3.05, 3.63) is 0 Å². The normalized spacial score (nSPS) is 12.0. The number of hydrogen-bond acceptors (Lipinski definition) is 2. The van der Waals surface area contributed by atoms with Crippen LogP contribution in [0.1, 0.15) is 111 Å². The predicted octanol–water partition coefficient (Wildman–Crippen LogP) is 6.74. The Morgan fingerprint density at radius 3 is 1.35 bits per heavy atom. The minimum atomic E-state index is -0.363. The fourth-order valence-corrected chi connectivity index (χ4v) is 2.61. The highest BCUT2D eigenvalue weighted by molar-refractivity contribution is 4.65. The molecule has 0 aliphatic heterocycles. The first-order valence-corrected chi connectivity index (χ1v) is 8.95. The molecule has 0 spiro atoms. The van der Waals surface area contributed by atoms with Crippen molar-refractivity contribution >= 4 is 0 Å². The SMILES string of the molecule is CCCCCCCCCCCCCCCC(C)(C)OO. The summed E-state index contributed by atoms with van der Waals surface area (Å²) in [6.45, 7) is 6.15. The smallest absolute Gasteiger partial charge is 0.0977 e.